The number of anilines is 1. The summed E-state index contributed by atoms with van der Waals surface area (Å²) >= 11 is 0. The standard InChI is InChI=1S/C18H24N4O4S/c1-4-9-27(24,25)22-8-7-13-5-6-15(10-14(13)11-22)19-17(23)16-12-21(2)20-18(16)26-3/h5-6,10,12H,4,7-9,11H2,1-3H3,(H,19,23). The van der Waals surface area contributed by atoms with Crippen LogP contribution in [0, 0.1) is 0 Å². The van der Waals surface area contributed by atoms with Crippen molar-refractivity contribution in [3.63, 3.8) is 0 Å². The molecule has 27 heavy (non-hydrogen) atoms. The zero-order valence-corrected chi connectivity index (χ0v) is 16.5. The summed E-state index contributed by atoms with van der Waals surface area (Å²) < 4.78 is 32.9. The number of ether oxygens (including phenoxy) is 1. The number of hydrogen-bond acceptors (Lipinski definition) is 5. The smallest absolute Gasteiger partial charge is 0.262 e. The van der Waals surface area contributed by atoms with Gasteiger partial charge in [0.2, 0.25) is 15.9 Å². The van der Waals surface area contributed by atoms with Crippen LogP contribution in [0.4, 0.5) is 5.69 Å². The number of hydrogen-bond donors (Lipinski definition) is 1. The minimum atomic E-state index is -3.24. The lowest BCUT2D eigenvalue weighted by Crippen LogP contribution is -2.37. The number of nitrogens with zero attached hydrogens (tertiary/aromatic N) is 3. The van der Waals surface area contributed by atoms with E-state index in [2.05, 4.69) is 10.4 Å². The maximum atomic E-state index is 12.5. The topological polar surface area (TPSA) is 93.5 Å². The van der Waals surface area contributed by atoms with E-state index in [1.165, 1.54) is 16.1 Å². The van der Waals surface area contributed by atoms with Crippen molar-refractivity contribution in [3.8, 4) is 5.88 Å². The van der Waals surface area contributed by atoms with Gasteiger partial charge in [0.15, 0.2) is 0 Å². The van der Waals surface area contributed by atoms with E-state index in [9.17, 15) is 13.2 Å². The number of amides is 1. The van der Waals surface area contributed by atoms with Crippen LogP contribution in [-0.4, -0.2) is 47.8 Å². The van der Waals surface area contributed by atoms with Crippen LogP contribution in [0.5, 0.6) is 5.88 Å². The molecule has 2 heterocycles. The summed E-state index contributed by atoms with van der Waals surface area (Å²) in [5.74, 6) is 0.0792. The second-order valence-corrected chi connectivity index (χ2v) is 8.65. The highest BCUT2D eigenvalue weighted by Crippen LogP contribution is 2.25. The van der Waals surface area contributed by atoms with Gasteiger partial charge in [-0.15, -0.1) is 5.10 Å². The average Bonchev–Trinajstić information content (AvgIpc) is 3.02. The molecule has 0 radical (unpaired) electrons. The van der Waals surface area contributed by atoms with Gasteiger partial charge >= 0.3 is 0 Å². The van der Waals surface area contributed by atoms with E-state index in [0.717, 1.165) is 11.1 Å². The molecule has 0 spiro atoms. The Kier molecular flexibility index (Phi) is 5.52. The molecule has 1 aromatic carbocycles. The Labute approximate surface area is 159 Å². The zero-order chi connectivity index (χ0) is 19.6. The quantitative estimate of drug-likeness (QED) is 0.809. The third-order valence-electron chi connectivity index (χ3n) is 4.53. The molecule has 0 fully saturated rings. The molecule has 0 unspecified atom stereocenters. The predicted molar refractivity (Wildman–Crippen MR) is 102 cm³/mol. The Morgan fingerprint density at radius 3 is 2.81 bits per heavy atom. The maximum absolute atomic E-state index is 12.5. The summed E-state index contributed by atoms with van der Waals surface area (Å²) in [7, 11) is -0.0693. The molecule has 0 bridgehead atoms. The normalized spacial score (nSPS) is 14.6. The molecule has 0 atom stereocenters. The number of carbonyl (C=O) groups is 1. The minimum absolute atomic E-state index is 0.152. The van der Waals surface area contributed by atoms with E-state index in [1.54, 1.807) is 13.2 Å². The molecule has 9 heteroatoms. The van der Waals surface area contributed by atoms with Crippen LogP contribution in [-0.2, 0) is 30.0 Å². The van der Waals surface area contributed by atoms with Gasteiger partial charge in [-0.25, -0.2) is 8.42 Å². The van der Waals surface area contributed by atoms with E-state index in [1.807, 2.05) is 25.1 Å². The fraction of sp³-hybridized carbons (Fsp3) is 0.444. The van der Waals surface area contributed by atoms with Crippen LogP contribution < -0.4 is 10.1 Å². The molecule has 1 aliphatic heterocycles. The van der Waals surface area contributed by atoms with Crippen molar-refractivity contribution in [2.45, 2.75) is 26.3 Å². The van der Waals surface area contributed by atoms with Gasteiger partial charge in [-0.05, 0) is 36.1 Å². The maximum Gasteiger partial charge on any atom is 0.262 e. The number of fused-ring (bicyclic) bond motifs is 1. The molecule has 1 N–H and O–H groups in total. The van der Waals surface area contributed by atoms with Gasteiger partial charge in [0, 0.05) is 32.0 Å². The van der Waals surface area contributed by atoms with Gasteiger partial charge < -0.3 is 10.1 Å². The Hall–Kier alpha value is -2.39. The van der Waals surface area contributed by atoms with E-state index >= 15 is 0 Å². The fourth-order valence-electron chi connectivity index (χ4n) is 3.21. The Balaban J connectivity index is 1.79. The third-order valence-corrected chi connectivity index (χ3v) is 6.55. The van der Waals surface area contributed by atoms with Crippen molar-refractivity contribution in [1.82, 2.24) is 14.1 Å². The number of aromatic nitrogens is 2. The average molecular weight is 392 g/mol. The minimum Gasteiger partial charge on any atom is -0.479 e. The first-order chi connectivity index (χ1) is 12.8. The lowest BCUT2D eigenvalue weighted by Gasteiger charge is -2.28. The predicted octanol–water partition coefficient (Wildman–Crippen LogP) is 1.78. The van der Waals surface area contributed by atoms with E-state index in [0.29, 0.717) is 37.2 Å². The van der Waals surface area contributed by atoms with Crippen molar-refractivity contribution in [1.29, 1.82) is 0 Å². The summed E-state index contributed by atoms with van der Waals surface area (Å²) in [6.45, 7) is 2.68. The van der Waals surface area contributed by atoms with Crippen LogP contribution in [0.3, 0.4) is 0 Å². The summed E-state index contributed by atoms with van der Waals surface area (Å²) in [5, 5.41) is 6.91. The number of sulfonamides is 1. The van der Waals surface area contributed by atoms with Crippen molar-refractivity contribution in [2.75, 3.05) is 24.7 Å². The molecular weight excluding hydrogens is 368 g/mol. The summed E-state index contributed by atoms with van der Waals surface area (Å²) in [5.41, 5.74) is 2.97. The van der Waals surface area contributed by atoms with E-state index < -0.39 is 10.0 Å². The molecular formula is C18H24N4O4S. The van der Waals surface area contributed by atoms with Crippen molar-refractivity contribution >= 4 is 21.6 Å². The summed E-state index contributed by atoms with van der Waals surface area (Å²) in [4.78, 5) is 12.5. The van der Waals surface area contributed by atoms with Crippen molar-refractivity contribution < 1.29 is 17.9 Å². The van der Waals surface area contributed by atoms with Gasteiger partial charge in [0.1, 0.15) is 5.56 Å². The number of nitrogens with one attached hydrogen (secondary N) is 1. The van der Waals surface area contributed by atoms with Gasteiger partial charge in [-0.1, -0.05) is 13.0 Å². The van der Waals surface area contributed by atoms with Gasteiger partial charge in [0.25, 0.3) is 5.91 Å². The highest BCUT2D eigenvalue weighted by Gasteiger charge is 2.26. The lowest BCUT2D eigenvalue weighted by molar-refractivity contribution is 0.102. The number of carbonyl (C=O) groups excluding carboxylic acids is 1. The molecule has 0 saturated heterocycles. The van der Waals surface area contributed by atoms with Gasteiger partial charge in [-0.3, -0.25) is 9.48 Å². The molecule has 1 aliphatic rings. The molecule has 3 rings (SSSR count). The van der Waals surface area contributed by atoms with E-state index in [4.69, 9.17) is 4.74 Å². The monoisotopic (exact) mass is 392 g/mol. The van der Waals surface area contributed by atoms with Crippen LogP contribution >= 0.6 is 0 Å². The number of methoxy groups -OCH3 is 1. The van der Waals surface area contributed by atoms with Gasteiger partial charge in [-0.2, -0.15) is 4.31 Å². The molecule has 8 nitrogen and oxygen atoms in total. The van der Waals surface area contributed by atoms with Crippen LogP contribution in [0.15, 0.2) is 24.4 Å². The van der Waals surface area contributed by atoms with Crippen LogP contribution in [0.1, 0.15) is 34.8 Å². The molecule has 2 aromatic rings. The third kappa shape index (κ3) is 4.14. The number of aryl methyl sites for hydroxylation is 1. The Morgan fingerprint density at radius 1 is 1.33 bits per heavy atom. The lowest BCUT2D eigenvalue weighted by atomic mass is 10.0. The SMILES string of the molecule is CCCS(=O)(=O)N1CCc2ccc(NC(=O)c3cn(C)nc3OC)cc2C1. The number of benzene rings is 1. The molecule has 0 aliphatic carbocycles. The Bertz CT molecular complexity index is 952. The molecule has 0 saturated carbocycles. The fourth-order valence-corrected chi connectivity index (χ4v) is 4.69. The first kappa shape index (κ1) is 19.4. The van der Waals surface area contributed by atoms with Crippen LogP contribution in [0.25, 0.3) is 0 Å². The van der Waals surface area contributed by atoms with E-state index in [-0.39, 0.29) is 17.5 Å². The van der Waals surface area contributed by atoms with Crippen LogP contribution in [0.2, 0.25) is 0 Å². The van der Waals surface area contributed by atoms with Crippen molar-refractivity contribution in [2.24, 2.45) is 7.05 Å². The molecule has 1 aromatic heterocycles. The Morgan fingerprint density at radius 2 is 2.11 bits per heavy atom. The molecule has 146 valence electrons. The molecule has 1 amide bonds. The second-order valence-electron chi connectivity index (χ2n) is 6.56. The largest absolute Gasteiger partial charge is 0.479 e. The highest BCUT2D eigenvalue weighted by molar-refractivity contribution is 7.89. The highest BCUT2D eigenvalue weighted by atomic mass is 32.2. The summed E-state index contributed by atoms with van der Waals surface area (Å²) in [6.07, 6.45) is 2.85. The first-order valence-corrected chi connectivity index (χ1v) is 10.4. The zero-order valence-electron chi connectivity index (χ0n) is 15.7. The van der Waals surface area contributed by atoms with Crippen molar-refractivity contribution in [3.05, 3.63) is 41.1 Å². The first-order valence-electron chi connectivity index (χ1n) is 8.82. The summed E-state index contributed by atoms with van der Waals surface area (Å²) in [6, 6.07) is 5.61. The van der Waals surface area contributed by atoms with Gasteiger partial charge in [0.05, 0.1) is 12.9 Å². The number of rotatable bonds is 6. The second kappa shape index (κ2) is 7.69.